The summed E-state index contributed by atoms with van der Waals surface area (Å²) in [6, 6.07) is 0. The molecular formula is C7H9N3O. The van der Waals surface area contributed by atoms with Gasteiger partial charge in [-0.3, -0.25) is 4.68 Å². The van der Waals surface area contributed by atoms with Gasteiger partial charge in [0.05, 0.1) is 18.4 Å². The topological polar surface area (TPSA) is 47.2 Å². The van der Waals surface area contributed by atoms with Crippen molar-refractivity contribution in [2.45, 2.75) is 13.5 Å². The second-order valence-electron chi connectivity index (χ2n) is 2.31. The lowest BCUT2D eigenvalue weighted by atomic mass is 10.3. The Balaban J connectivity index is 2.91. The molecule has 0 aliphatic heterocycles. The van der Waals surface area contributed by atoms with Gasteiger partial charge >= 0.3 is 0 Å². The summed E-state index contributed by atoms with van der Waals surface area (Å²) in [5, 5.41) is 4.00. The molecular weight excluding hydrogens is 142 g/mol. The van der Waals surface area contributed by atoms with E-state index in [1.165, 1.54) is 6.08 Å². The maximum atomic E-state index is 9.80. The van der Waals surface area contributed by atoms with Crippen molar-refractivity contribution in [3.05, 3.63) is 17.5 Å². The zero-order valence-corrected chi connectivity index (χ0v) is 6.53. The van der Waals surface area contributed by atoms with E-state index in [-0.39, 0.29) is 0 Å². The first-order valence-corrected chi connectivity index (χ1v) is 3.27. The standard InChI is InChI=1S/C7H9N3O/c1-6-3-9-10(2)7(6)4-8-5-11/h3H,4H2,1-2H3. The molecule has 0 bridgehead atoms. The zero-order chi connectivity index (χ0) is 8.27. The normalized spacial score (nSPS) is 9.27. The summed E-state index contributed by atoms with van der Waals surface area (Å²) in [4.78, 5) is 13.3. The first-order chi connectivity index (χ1) is 5.25. The SMILES string of the molecule is Cc1cnn(C)c1CN=C=O. The van der Waals surface area contributed by atoms with Gasteiger partial charge in [-0.05, 0) is 12.5 Å². The highest BCUT2D eigenvalue weighted by Crippen LogP contribution is 2.05. The molecule has 0 aliphatic rings. The zero-order valence-electron chi connectivity index (χ0n) is 6.53. The van der Waals surface area contributed by atoms with Crippen molar-refractivity contribution in [2.24, 2.45) is 12.0 Å². The number of aromatic nitrogens is 2. The molecule has 0 radical (unpaired) electrons. The molecule has 1 rings (SSSR count). The van der Waals surface area contributed by atoms with E-state index in [1.54, 1.807) is 10.9 Å². The fraction of sp³-hybridized carbons (Fsp3) is 0.429. The Morgan fingerprint density at radius 3 is 3.00 bits per heavy atom. The van der Waals surface area contributed by atoms with E-state index in [0.29, 0.717) is 6.54 Å². The van der Waals surface area contributed by atoms with Crippen LogP contribution in [0.2, 0.25) is 0 Å². The average Bonchev–Trinajstić information content (AvgIpc) is 2.29. The fourth-order valence-corrected chi connectivity index (χ4v) is 0.907. The summed E-state index contributed by atoms with van der Waals surface area (Å²) in [6.45, 7) is 2.30. The molecule has 58 valence electrons. The largest absolute Gasteiger partial charge is 0.270 e. The van der Waals surface area contributed by atoms with E-state index < -0.39 is 0 Å². The van der Waals surface area contributed by atoms with Gasteiger partial charge in [-0.1, -0.05) is 0 Å². The minimum Gasteiger partial charge on any atom is -0.270 e. The van der Waals surface area contributed by atoms with E-state index in [4.69, 9.17) is 0 Å². The van der Waals surface area contributed by atoms with E-state index in [9.17, 15) is 4.79 Å². The molecule has 11 heavy (non-hydrogen) atoms. The highest BCUT2D eigenvalue weighted by Gasteiger charge is 2.01. The maximum Gasteiger partial charge on any atom is 0.235 e. The first kappa shape index (κ1) is 7.69. The van der Waals surface area contributed by atoms with Crippen molar-refractivity contribution < 1.29 is 4.79 Å². The van der Waals surface area contributed by atoms with Gasteiger partial charge in [0.1, 0.15) is 0 Å². The van der Waals surface area contributed by atoms with Crippen LogP contribution < -0.4 is 0 Å². The number of aryl methyl sites for hydroxylation is 2. The molecule has 0 amide bonds. The average molecular weight is 151 g/mol. The Kier molecular flexibility index (Phi) is 2.18. The van der Waals surface area contributed by atoms with Gasteiger partial charge in [0.15, 0.2) is 0 Å². The Hall–Kier alpha value is -1.41. The molecule has 0 spiro atoms. The highest BCUT2D eigenvalue weighted by atomic mass is 16.1. The molecule has 0 aromatic carbocycles. The van der Waals surface area contributed by atoms with Crippen LogP contribution in [0.15, 0.2) is 11.2 Å². The lowest BCUT2D eigenvalue weighted by Gasteiger charge is -1.96. The van der Waals surface area contributed by atoms with Crippen LogP contribution in [0.3, 0.4) is 0 Å². The Morgan fingerprint density at radius 2 is 2.55 bits per heavy atom. The third kappa shape index (κ3) is 1.53. The van der Waals surface area contributed by atoms with Crippen LogP contribution in [0.1, 0.15) is 11.3 Å². The molecule has 0 saturated heterocycles. The minimum atomic E-state index is 0.367. The molecule has 0 atom stereocenters. The van der Waals surface area contributed by atoms with Gasteiger partial charge in [-0.2, -0.15) is 10.1 Å². The third-order valence-electron chi connectivity index (χ3n) is 1.56. The van der Waals surface area contributed by atoms with E-state index in [0.717, 1.165) is 11.3 Å². The van der Waals surface area contributed by atoms with Gasteiger partial charge in [0.25, 0.3) is 0 Å². The Morgan fingerprint density at radius 1 is 1.82 bits per heavy atom. The maximum absolute atomic E-state index is 9.80. The summed E-state index contributed by atoms with van der Waals surface area (Å²) >= 11 is 0. The molecule has 4 nitrogen and oxygen atoms in total. The number of rotatable bonds is 2. The molecule has 4 heteroatoms. The molecule has 1 heterocycles. The molecule has 0 saturated carbocycles. The predicted molar refractivity (Wildman–Crippen MR) is 39.8 cm³/mol. The molecule has 0 unspecified atom stereocenters. The Labute approximate surface area is 64.6 Å². The van der Waals surface area contributed by atoms with Crippen LogP contribution in [0.5, 0.6) is 0 Å². The lowest BCUT2D eigenvalue weighted by Crippen LogP contribution is -1.97. The summed E-state index contributed by atoms with van der Waals surface area (Å²) in [5.74, 6) is 0. The van der Waals surface area contributed by atoms with Crippen molar-refractivity contribution in [2.75, 3.05) is 0 Å². The number of isocyanates is 1. The monoisotopic (exact) mass is 151 g/mol. The van der Waals surface area contributed by atoms with Crippen molar-refractivity contribution in [1.29, 1.82) is 0 Å². The van der Waals surface area contributed by atoms with Crippen LogP contribution in [-0.2, 0) is 18.4 Å². The number of carbonyl (C=O) groups excluding carboxylic acids is 1. The van der Waals surface area contributed by atoms with E-state index in [1.807, 2.05) is 14.0 Å². The number of hydrogen-bond donors (Lipinski definition) is 0. The summed E-state index contributed by atoms with van der Waals surface area (Å²) < 4.78 is 1.70. The number of nitrogens with zero attached hydrogens (tertiary/aromatic N) is 3. The third-order valence-corrected chi connectivity index (χ3v) is 1.56. The molecule has 1 aromatic rings. The van der Waals surface area contributed by atoms with Crippen LogP contribution in [0, 0.1) is 6.92 Å². The van der Waals surface area contributed by atoms with Crippen molar-refractivity contribution in [1.82, 2.24) is 9.78 Å². The number of aliphatic imine (C=N–C) groups is 1. The van der Waals surface area contributed by atoms with Crippen molar-refractivity contribution in [3.8, 4) is 0 Å². The van der Waals surface area contributed by atoms with Crippen LogP contribution >= 0.6 is 0 Å². The second kappa shape index (κ2) is 3.12. The summed E-state index contributed by atoms with van der Waals surface area (Å²) in [6.07, 6.45) is 3.24. The van der Waals surface area contributed by atoms with Gasteiger partial charge in [0.2, 0.25) is 6.08 Å². The summed E-state index contributed by atoms with van der Waals surface area (Å²) in [5.41, 5.74) is 2.00. The quantitative estimate of drug-likeness (QED) is 0.458. The highest BCUT2D eigenvalue weighted by molar-refractivity contribution is 5.33. The number of hydrogen-bond acceptors (Lipinski definition) is 3. The minimum absolute atomic E-state index is 0.367. The molecule has 1 aromatic heterocycles. The van der Waals surface area contributed by atoms with E-state index >= 15 is 0 Å². The van der Waals surface area contributed by atoms with Gasteiger partial charge in [0, 0.05) is 7.05 Å². The van der Waals surface area contributed by atoms with Crippen molar-refractivity contribution >= 4 is 6.08 Å². The Bertz CT molecular complexity index is 277. The van der Waals surface area contributed by atoms with Gasteiger partial charge < -0.3 is 0 Å². The second-order valence-corrected chi connectivity index (χ2v) is 2.31. The molecule has 0 N–H and O–H groups in total. The fourth-order valence-electron chi connectivity index (χ4n) is 0.907. The summed E-state index contributed by atoms with van der Waals surface area (Å²) in [7, 11) is 1.82. The van der Waals surface area contributed by atoms with Crippen LogP contribution in [0.25, 0.3) is 0 Å². The van der Waals surface area contributed by atoms with Gasteiger partial charge in [-0.25, -0.2) is 4.79 Å². The predicted octanol–water partition coefficient (Wildman–Crippen LogP) is 0.564. The van der Waals surface area contributed by atoms with Gasteiger partial charge in [-0.15, -0.1) is 0 Å². The van der Waals surface area contributed by atoms with Crippen LogP contribution in [-0.4, -0.2) is 15.9 Å². The molecule has 0 aliphatic carbocycles. The smallest absolute Gasteiger partial charge is 0.235 e. The lowest BCUT2D eigenvalue weighted by molar-refractivity contribution is 0.562. The molecule has 0 fully saturated rings. The van der Waals surface area contributed by atoms with Crippen molar-refractivity contribution in [3.63, 3.8) is 0 Å². The van der Waals surface area contributed by atoms with E-state index in [2.05, 4.69) is 10.1 Å². The van der Waals surface area contributed by atoms with Crippen LogP contribution in [0.4, 0.5) is 0 Å². The first-order valence-electron chi connectivity index (χ1n) is 3.27.